The van der Waals surface area contributed by atoms with Crippen molar-refractivity contribution >= 4 is 22.1 Å². The molecule has 0 saturated heterocycles. The first-order valence-corrected chi connectivity index (χ1v) is 7.70. The number of hydrogen-bond acceptors (Lipinski definition) is 4. The van der Waals surface area contributed by atoms with E-state index in [1.165, 1.54) is 4.68 Å². The molecule has 0 bridgehead atoms. The lowest BCUT2D eigenvalue weighted by molar-refractivity contribution is 0.799. The van der Waals surface area contributed by atoms with Gasteiger partial charge in [-0.25, -0.2) is 4.98 Å². The minimum atomic E-state index is -0.158. The van der Waals surface area contributed by atoms with Gasteiger partial charge in [0.25, 0.3) is 5.56 Å². The van der Waals surface area contributed by atoms with Crippen molar-refractivity contribution in [1.29, 1.82) is 0 Å². The molecule has 106 valence electrons. The van der Waals surface area contributed by atoms with Crippen LogP contribution in [-0.4, -0.2) is 14.8 Å². The zero-order chi connectivity index (χ0) is 14.9. The number of nitrogens with zero attached hydrogens (tertiary/aromatic N) is 3. The zero-order valence-corrected chi connectivity index (χ0v) is 12.3. The van der Waals surface area contributed by atoms with Crippen LogP contribution in [0.4, 0.5) is 0 Å². The van der Waals surface area contributed by atoms with Crippen molar-refractivity contribution in [1.82, 2.24) is 14.8 Å². The molecule has 4 nitrogen and oxygen atoms in total. The Hall–Kier alpha value is -2.79. The van der Waals surface area contributed by atoms with Crippen molar-refractivity contribution in [3.8, 4) is 16.4 Å². The minimum absolute atomic E-state index is 0.158. The van der Waals surface area contributed by atoms with Crippen LogP contribution >= 0.6 is 11.3 Å². The van der Waals surface area contributed by atoms with E-state index in [-0.39, 0.29) is 5.56 Å². The van der Waals surface area contributed by atoms with Gasteiger partial charge in [-0.2, -0.15) is 9.78 Å². The SMILES string of the molecule is O=c1c2ccccc2c(-c2cccs2)nn1-c1ccccn1. The number of aromatic nitrogens is 3. The van der Waals surface area contributed by atoms with E-state index in [9.17, 15) is 4.79 Å². The van der Waals surface area contributed by atoms with Gasteiger partial charge in [-0.3, -0.25) is 4.79 Å². The smallest absolute Gasteiger partial charge is 0.267 e. The lowest BCUT2D eigenvalue weighted by Crippen LogP contribution is -2.22. The number of pyridine rings is 1. The second-order valence-corrected chi connectivity index (χ2v) is 5.72. The van der Waals surface area contributed by atoms with Gasteiger partial charge in [-0.15, -0.1) is 11.3 Å². The van der Waals surface area contributed by atoms with Crippen molar-refractivity contribution in [3.05, 3.63) is 76.5 Å². The molecule has 3 aromatic heterocycles. The maximum absolute atomic E-state index is 12.7. The standard InChI is InChI=1S/C17H11N3OS/c21-17-13-7-2-1-6-12(13)16(14-8-5-11-22-14)19-20(17)15-9-3-4-10-18-15/h1-11H. The molecular formula is C17H11N3OS. The maximum atomic E-state index is 12.7. The van der Waals surface area contributed by atoms with Crippen molar-refractivity contribution < 1.29 is 0 Å². The van der Waals surface area contributed by atoms with Crippen LogP contribution in [0.25, 0.3) is 27.2 Å². The molecule has 5 heteroatoms. The first kappa shape index (κ1) is 12.9. The van der Waals surface area contributed by atoms with Gasteiger partial charge in [0.15, 0.2) is 5.82 Å². The highest BCUT2D eigenvalue weighted by molar-refractivity contribution is 7.13. The predicted octanol–water partition coefficient (Wildman–Crippen LogP) is 3.51. The maximum Gasteiger partial charge on any atom is 0.280 e. The monoisotopic (exact) mass is 305 g/mol. The van der Waals surface area contributed by atoms with E-state index in [0.717, 1.165) is 16.0 Å². The predicted molar refractivity (Wildman–Crippen MR) is 88.4 cm³/mol. The van der Waals surface area contributed by atoms with Gasteiger partial charge in [0.1, 0.15) is 5.69 Å². The van der Waals surface area contributed by atoms with Gasteiger partial charge in [0.2, 0.25) is 0 Å². The van der Waals surface area contributed by atoms with E-state index in [4.69, 9.17) is 0 Å². The third-order valence-electron chi connectivity index (χ3n) is 3.43. The van der Waals surface area contributed by atoms with Crippen LogP contribution in [0, 0.1) is 0 Å². The Balaban J connectivity index is 2.12. The summed E-state index contributed by atoms with van der Waals surface area (Å²) in [6.07, 6.45) is 1.66. The minimum Gasteiger partial charge on any atom is -0.267 e. The molecule has 0 unspecified atom stereocenters. The second-order valence-electron chi connectivity index (χ2n) is 4.78. The van der Waals surface area contributed by atoms with Crippen LogP contribution in [0.2, 0.25) is 0 Å². The fraction of sp³-hybridized carbons (Fsp3) is 0. The summed E-state index contributed by atoms with van der Waals surface area (Å²) >= 11 is 1.60. The van der Waals surface area contributed by atoms with E-state index in [2.05, 4.69) is 10.1 Å². The Morgan fingerprint density at radius 1 is 0.909 bits per heavy atom. The summed E-state index contributed by atoms with van der Waals surface area (Å²) in [4.78, 5) is 18.0. The Morgan fingerprint density at radius 3 is 2.45 bits per heavy atom. The normalized spacial score (nSPS) is 10.9. The van der Waals surface area contributed by atoms with E-state index >= 15 is 0 Å². The number of benzene rings is 1. The molecular weight excluding hydrogens is 294 g/mol. The van der Waals surface area contributed by atoms with E-state index in [0.29, 0.717) is 11.2 Å². The van der Waals surface area contributed by atoms with Crippen LogP contribution < -0.4 is 5.56 Å². The van der Waals surface area contributed by atoms with Crippen molar-refractivity contribution in [2.45, 2.75) is 0 Å². The highest BCUT2D eigenvalue weighted by atomic mass is 32.1. The molecule has 0 radical (unpaired) electrons. The fourth-order valence-electron chi connectivity index (χ4n) is 2.42. The average Bonchev–Trinajstić information content (AvgIpc) is 3.11. The summed E-state index contributed by atoms with van der Waals surface area (Å²) in [6, 6.07) is 17.0. The lowest BCUT2D eigenvalue weighted by Gasteiger charge is -2.09. The van der Waals surface area contributed by atoms with E-state index in [1.807, 2.05) is 53.9 Å². The molecule has 4 rings (SSSR count). The van der Waals surface area contributed by atoms with Gasteiger partial charge < -0.3 is 0 Å². The number of rotatable bonds is 2. The Morgan fingerprint density at radius 2 is 1.73 bits per heavy atom. The average molecular weight is 305 g/mol. The molecule has 1 aromatic carbocycles. The lowest BCUT2D eigenvalue weighted by atomic mass is 10.1. The fourth-order valence-corrected chi connectivity index (χ4v) is 3.14. The summed E-state index contributed by atoms with van der Waals surface area (Å²) in [7, 11) is 0. The molecule has 0 spiro atoms. The molecule has 22 heavy (non-hydrogen) atoms. The van der Waals surface area contributed by atoms with Crippen molar-refractivity contribution in [2.75, 3.05) is 0 Å². The summed E-state index contributed by atoms with van der Waals surface area (Å²) in [5.41, 5.74) is 0.644. The Labute approximate surface area is 130 Å². The summed E-state index contributed by atoms with van der Waals surface area (Å²) in [5, 5.41) is 8.08. The molecule has 0 amide bonds. The van der Waals surface area contributed by atoms with Gasteiger partial charge in [-0.1, -0.05) is 30.3 Å². The van der Waals surface area contributed by atoms with E-state index < -0.39 is 0 Å². The van der Waals surface area contributed by atoms with Crippen LogP contribution in [0.1, 0.15) is 0 Å². The molecule has 3 heterocycles. The van der Waals surface area contributed by atoms with Gasteiger partial charge >= 0.3 is 0 Å². The number of fused-ring (bicyclic) bond motifs is 1. The van der Waals surface area contributed by atoms with Crippen LogP contribution in [0.15, 0.2) is 71.0 Å². The third-order valence-corrected chi connectivity index (χ3v) is 4.30. The highest BCUT2D eigenvalue weighted by Gasteiger charge is 2.13. The number of thiophene rings is 1. The van der Waals surface area contributed by atoms with Gasteiger partial charge in [0.05, 0.1) is 10.3 Å². The number of hydrogen-bond donors (Lipinski definition) is 0. The van der Waals surface area contributed by atoms with Crippen molar-refractivity contribution in [2.24, 2.45) is 0 Å². The summed E-state index contributed by atoms with van der Waals surface area (Å²) in [5.74, 6) is 0.524. The molecule has 0 aliphatic carbocycles. The molecule has 0 atom stereocenters. The highest BCUT2D eigenvalue weighted by Crippen LogP contribution is 2.28. The zero-order valence-electron chi connectivity index (χ0n) is 11.5. The van der Waals surface area contributed by atoms with Gasteiger partial charge in [-0.05, 0) is 29.6 Å². The van der Waals surface area contributed by atoms with Crippen molar-refractivity contribution in [3.63, 3.8) is 0 Å². The third kappa shape index (κ3) is 2.03. The summed E-state index contributed by atoms with van der Waals surface area (Å²) < 4.78 is 1.37. The van der Waals surface area contributed by atoms with Crippen LogP contribution in [0.3, 0.4) is 0 Å². The molecule has 0 saturated carbocycles. The molecule has 0 N–H and O–H groups in total. The second kappa shape index (κ2) is 5.20. The van der Waals surface area contributed by atoms with E-state index in [1.54, 1.807) is 23.6 Å². The first-order valence-electron chi connectivity index (χ1n) is 6.82. The van der Waals surface area contributed by atoms with Crippen LogP contribution in [-0.2, 0) is 0 Å². The molecule has 0 fully saturated rings. The summed E-state index contributed by atoms with van der Waals surface area (Å²) in [6.45, 7) is 0. The molecule has 0 aliphatic rings. The van der Waals surface area contributed by atoms with Gasteiger partial charge in [0, 0.05) is 11.6 Å². The molecule has 0 aliphatic heterocycles. The molecule has 4 aromatic rings. The quantitative estimate of drug-likeness (QED) is 0.569. The Kier molecular flexibility index (Phi) is 3.05. The largest absolute Gasteiger partial charge is 0.280 e. The first-order chi connectivity index (χ1) is 10.8. The Bertz CT molecular complexity index is 992. The topological polar surface area (TPSA) is 47.8 Å². The van der Waals surface area contributed by atoms with Crippen LogP contribution in [0.5, 0.6) is 0 Å².